The number of amides is 2. The number of hydrogen-bond acceptors (Lipinski definition) is 7. The van der Waals surface area contributed by atoms with Crippen LogP contribution in [0.1, 0.15) is 28.8 Å². The van der Waals surface area contributed by atoms with Crippen molar-refractivity contribution in [1.82, 2.24) is 15.5 Å². The Bertz CT molecular complexity index is 802. The number of carbonyl (C=O) groups excluding carboxylic acids is 2. The van der Waals surface area contributed by atoms with Crippen LogP contribution in [0.4, 0.5) is 10.8 Å². The second-order valence-electron chi connectivity index (χ2n) is 5.18. The molecule has 6 N–H and O–H groups in total. The lowest BCUT2D eigenvalue weighted by molar-refractivity contribution is -0.121. The largest absolute Gasteiger partial charge is 0.398 e. The van der Waals surface area contributed by atoms with E-state index in [1.165, 1.54) is 0 Å². The van der Waals surface area contributed by atoms with Crippen LogP contribution in [-0.2, 0) is 11.2 Å². The number of para-hydroxylation sites is 1. The summed E-state index contributed by atoms with van der Waals surface area (Å²) >= 11 is 6.07. The van der Waals surface area contributed by atoms with Gasteiger partial charge in [0.25, 0.3) is 5.91 Å². The van der Waals surface area contributed by atoms with Gasteiger partial charge >= 0.3 is 0 Å². The van der Waals surface area contributed by atoms with Crippen molar-refractivity contribution in [3.63, 3.8) is 0 Å². The molecule has 0 fully saturated rings. The smallest absolute Gasteiger partial charge is 0.259 e. The van der Waals surface area contributed by atoms with Crippen molar-refractivity contribution >= 4 is 46.2 Å². The number of nitrogen functional groups attached to an aromatic ring is 1. The van der Waals surface area contributed by atoms with Gasteiger partial charge in [-0.1, -0.05) is 23.5 Å². The number of aryl methyl sites for hydroxylation is 1. The number of rotatable bonds is 8. The summed E-state index contributed by atoms with van der Waals surface area (Å²) in [5.74, 6) is -0.511. The molecule has 0 aliphatic carbocycles. The first-order valence-corrected chi connectivity index (χ1v) is 8.85. The number of nitrogens with two attached hydrogens (primary N) is 1. The average Bonchev–Trinajstić information content (AvgIpc) is 2.99. The molecular formula is C15H19N5O3S2. The van der Waals surface area contributed by atoms with E-state index in [2.05, 4.69) is 20.8 Å². The molecule has 134 valence electrons. The predicted octanol–water partition coefficient (Wildman–Crippen LogP) is 1.47. The Morgan fingerprint density at radius 3 is 2.88 bits per heavy atom. The molecule has 0 radical (unpaired) electrons. The number of carbonyl (C=O) groups is 2. The molecule has 0 unspecified atom stereocenters. The summed E-state index contributed by atoms with van der Waals surface area (Å²) in [6.07, 6.45) is 1.18. The van der Waals surface area contributed by atoms with Gasteiger partial charge in [0.05, 0.1) is 5.56 Å². The number of aliphatic hydroxyl groups excluding tert-OH is 1. The van der Waals surface area contributed by atoms with E-state index >= 15 is 0 Å². The number of nitrogens with zero attached hydrogens (tertiary/aromatic N) is 1. The zero-order valence-corrected chi connectivity index (χ0v) is 15.0. The molecular weight excluding hydrogens is 362 g/mol. The first-order chi connectivity index (χ1) is 12.0. The molecule has 1 heterocycles. The number of aliphatic hydroxyl groups is 1. The molecule has 10 heteroatoms. The van der Waals surface area contributed by atoms with E-state index in [1.807, 2.05) is 0 Å². The van der Waals surface area contributed by atoms with Gasteiger partial charge in [-0.3, -0.25) is 20.0 Å². The van der Waals surface area contributed by atoms with E-state index < -0.39 is 0 Å². The van der Waals surface area contributed by atoms with Crippen LogP contribution in [0.5, 0.6) is 0 Å². The molecule has 2 aromatic rings. The van der Waals surface area contributed by atoms with E-state index in [9.17, 15) is 9.59 Å². The van der Waals surface area contributed by atoms with E-state index in [1.54, 1.807) is 18.2 Å². The lowest BCUT2D eigenvalue weighted by atomic mass is 10.0. The summed E-state index contributed by atoms with van der Waals surface area (Å²) < 4.78 is 0.462. The van der Waals surface area contributed by atoms with Crippen molar-refractivity contribution in [2.24, 2.45) is 0 Å². The van der Waals surface area contributed by atoms with Crippen LogP contribution in [0.3, 0.4) is 0 Å². The number of H-pyrrole nitrogens is 1. The quantitative estimate of drug-likeness (QED) is 0.267. The van der Waals surface area contributed by atoms with Crippen LogP contribution in [0, 0.1) is 3.95 Å². The van der Waals surface area contributed by atoms with Gasteiger partial charge in [-0.15, -0.1) is 5.10 Å². The van der Waals surface area contributed by atoms with E-state index in [0.717, 1.165) is 16.9 Å². The van der Waals surface area contributed by atoms with Gasteiger partial charge in [0.1, 0.15) is 0 Å². The summed E-state index contributed by atoms with van der Waals surface area (Å²) in [6.45, 7) is 0.469. The van der Waals surface area contributed by atoms with Gasteiger partial charge < -0.3 is 16.2 Å². The third-order valence-electron chi connectivity index (χ3n) is 3.38. The Morgan fingerprint density at radius 2 is 2.20 bits per heavy atom. The van der Waals surface area contributed by atoms with Crippen molar-refractivity contribution in [3.8, 4) is 0 Å². The second-order valence-corrected chi connectivity index (χ2v) is 6.84. The number of aromatic amines is 1. The molecule has 2 rings (SSSR count). The molecule has 25 heavy (non-hydrogen) atoms. The van der Waals surface area contributed by atoms with Crippen molar-refractivity contribution in [2.45, 2.75) is 19.3 Å². The molecule has 0 saturated carbocycles. The van der Waals surface area contributed by atoms with Crippen LogP contribution in [0.15, 0.2) is 18.2 Å². The minimum Gasteiger partial charge on any atom is -0.398 e. The van der Waals surface area contributed by atoms with Crippen molar-refractivity contribution in [1.29, 1.82) is 0 Å². The number of aromatic nitrogens is 2. The zero-order valence-electron chi connectivity index (χ0n) is 13.4. The lowest BCUT2D eigenvalue weighted by Gasteiger charge is -2.10. The Hall–Kier alpha value is -2.30. The van der Waals surface area contributed by atoms with Crippen LogP contribution < -0.4 is 16.4 Å². The fourth-order valence-electron chi connectivity index (χ4n) is 2.12. The number of anilines is 2. The first kappa shape index (κ1) is 19.0. The summed E-state index contributed by atoms with van der Waals surface area (Å²) in [7, 11) is 0. The first-order valence-electron chi connectivity index (χ1n) is 7.63. The van der Waals surface area contributed by atoms with Crippen molar-refractivity contribution in [3.05, 3.63) is 33.3 Å². The molecule has 0 aliphatic rings. The van der Waals surface area contributed by atoms with Crippen LogP contribution in [0.2, 0.25) is 0 Å². The highest BCUT2D eigenvalue weighted by atomic mass is 32.1. The molecule has 1 aromatic carbocycles. The SMILES string of the molecule is Nc1c(CCC(=O)NCCCO)cccc1C(=O)Nc1n[nH]c(=S)s1. The van der Waals surface area contributed by atoms with Gasteiger partial charge in [-0.05, 0) is 36.7 Å². The summed E-state index contributed by atoms with van der Waals surface area (Å²) in [4.78, 5) is 24.1. The molecule has 0 aliphatic heterocycles. The second kappa shape index (κ2) is 9.25. The summed E-state index contributed by atoms with van der Waals surface area (Å²) in [6, 6.07) is 5.11. The van der Waals surface area contributed by atoms with Crippen molar-refractivity contribution in [2.75, 3.05) is 24.2 Å². The maximum Gasteiger partial charge on any atom is 0.259 e. The van der Waals surface area contributed by atoms with Crippen LogP contribution in [0.25, 0.3) is 0 Å². The number of nitrogens with one attached hydrogen (secondary N) is 3. The normalized spacial score (nSPS) is 10.4. The molecule has 2 amide bonds. The Kier molecular flexibility index (Phi) is 7.04. The van der Waals surface area contributed by atoms with Crippen LogP contribution >= 0.6 is 23.6 Å². The van der Waals surface area contributed by atoms with Crippen molar-refractivity contribution < 1.29 is 14.7 Å². The van der Waals surface area contributed by atoms with Gasteiger partial charge in [0.15, 0.2) is 3.95 Å². The predicted molar refractivity (Wildman–Crippen MR) is 99.1 cm³/mol. The highest BCUT2D eigenvalue weighted by molar-refractivity contribution is 7.73. The minimum atomic E-state index is -0.385. The maximum absolute atomic E-state index is 12.3. The third-order valence-corrected chi connectivity index (χ3v) is 4.38. The maximum atomic E-state index is 12.3. The summed E-state index contributed by atoms with van der Waals surface area (Å²) in [5.41, 5.74) is 7.46. The van der Waals surface area contributed by atoms with Crippen LogP contribution in [-0.4, -0.2) is 40.3 Å². The molecule has 0 bridgehead atoms. The van der Waals surface area contributed by atoms with E-state index in [-0.39, 0.29) is 24.8 Å². The van der Waals surface area contributed by atoms with E-state index in [4.69, 9.17) is 23.1 Å². The Balaban J connectivity index is 1.99. The Labute approximate surface area is 153 Å². The third kappa shape index (κ3) is 5.62. The highest BCUT2D eigenvalue weighted by Gasteiger charge is 2.14. The average molecular weight is 381 g/mol. The highest BCUT2D eigenvalue weighted by Crippen LogP contribution is 2.21. The lowest BCUT2D eigenvalue weighted by Crippen LogP contribution is -2.25. The molecule has 0 atom stereocenters. The number of benzene rings is 1. The van der Waals surface area contributed by atoms with Gasteiger partial charge in [0.2, 0.25) is 11.0 Å². The fraction of sp³-hybridized carbons (Fsp3) is 0.333. The monoisotopic (exact) mass is 381 g/mol. The molecule has 0 spiro atoms. The van der Waals surface area contributed by atoms with Gasteiger partial charge in [0, 0.05) is 25.3 Å². The molecule has 0 saturated heterocycles. The minimum absolute atomic E-state index is 0.0359. The standard InChI is InChI=1S/C15H19N5O3S2/c16-12-9(5-6-11(22)17-7-2-8-21)3-1-4-10(12)13(23)18-14-19-20-15(24)25-14/h1,3-4,21H,2,5-8,16H2,(H,17,22)(H,20,24)(H,18,19,23). The molecule has 1 aromatic heterocycles. The fourth-order valence-corrected chi connectivity index (χ4v) is 2.90. The van der Waals surface area contributed by atoms with Gasteiger partial charge in [-0.25, -0.2) is 0 Å². The van der Waals surface area contributed by atoms with Gasteiger partial charge in [-0.2, -0.15) is 0 Å². The Morgan fingerprint density at radius 1 is 1.40 bits per heavy atom. The topological polar surface area (TPSA) is 133 Å². The number of hydrogen-bond donors (Lipinski definition) is 5. The molecule has 8 nitrogen and oxygen atoms in total. The summed E-state index contributed by atoms with van der Waals surface area (Å²) in [5, 5.41) is 20.9. The zero-order chi connectivity index (χ0) is 18.2. The van der Waals surface area contributed by atoms with E-state index in [0.29, 0.717) is 39.7 Å².